The molecular formula is C29H30N2O2. The lowest BCUT2D eigenvalue weighted by atomic mass is 9.80. The molecule has 0 bridgehead atoms. The molecule has 3 aromatic carbocycles. The Hall–Kier alpha value is -3.63. The maximum atomic E-state index is 6.90. The lowest BCUT2D eigenvalue weighted by Crippen LogP contribution is -2.44. The molecule has 0 aliphatic carbocycles. The average Bonchev–Trinajstić information content (AvgIpc) is 2.85. The molecule has 0 radical (unpaired) electrons. The molecule has 4 aromatic rings. The lowest BCUT2D eigenvalue weighted by molar-refractivity contribution is 0.0466. The Kier molecular flexibility index (Phi) is 6.76. The first-order chi connectivity index (χ1) is 15.7. The molecule has 1 aliphatic heterocycles. The minimum Gasteiger partial charge on any atom is -0.486 e. The van der Waals surface area contributed by atoms with Crippen LogP contribution in [0.25, 0.3) is 11.1 Å². The number of methoxy groups -OCH3 is 1. The SMILES string of the molecule is COc1cc(-c2cccc3c2CCC(Cc2ccccc2)(Cc2ccccc2)O3)ccn1.N. The number of fused-ring (bicyclic) bond motifs is 1. The molecule has 4 nitrogen and oxygen atoms in total. The third kappa shape index (κ3) is 4.91. The topological polar surface area (TPSA) is 66.3 Å². The van der Waals surface area contributed by atoms with E-state index in [1.165, 1.54) is 22.3 Å². The molecule has 0 atom stereocenters. The number of pyridine rings is 1. The summed E-state index contributed by atoms with van der Waals surface area (Å²) in [4.78, 5) is 4.26. The number of nitrogens with zero attached hydrogens (tertiary/aromatic N) is 1. The van der Waals surface area contributed by atoms with E-state index in [1.54, 1.807) is 13.3 Å². The molecule has 2 heterocycles. The zero-order valence-corrected chi connectivity index (χ0v) is 19.0. The van der Waals surface area contributed by atoms with Crippen molar-refractivity contribution in [1.29, 1.82) is 0 Å². The van der Waals surface area contributed by atoms with E-state index in [-0.39, 0.29) is 11.8 Å². The van der Waals surface area contributed by atoms with Crippen molar-refractivity contribution in [3.05, 3.63) is 114 Å². The van der Waals surface area contributed by atoms with Crippen molar-refractivity contribution in [3.63, 3.8) is 0 Å². The highest BCUT2D eigenvalue weighted by Gasteiger charge is 2.37. The molecule has 5 rings (SSSR count). The summed E-state index contributed by atoms with van der Waals surface area (Å²) in [6.45, 7) is 0. The highest BCUT2D eigenvalue weighted by molar-refractivity contribution is 5.71. The van der Waals surface area contributed by atoms with E-state index in [9.17, 15) is 0 Å². The molecule has 0 saturated carbocycles. The van der Waals surface area contributed by atoms with Crippen molar-refractivity contribution in [2.45, 2.75) is 31.3 Å². The first-order valence-electron chi connectivity index (χ1n) is 11.1. The summed E-state index contributed by atoms with van der Waals surface area (Å²) in [5.41, 5.74) is 5.90. The molecule has 0 fully saturated rings. The van der Waals surface area contributed by atoms with Crippen LogP contribution >= 0.6 is 0 Å². The van der Waals surface area contributed by atoms with Gasteiger partial charge in [0.25, 0.3) is 0 Å². The molecule has 3 N–H and O–H groups in total. The fraction of sp³-hybridized carbons (Fsp3) is 0.207. The van der Waals surface area contributed by atoms with Crippen molar-refractivity contribution in [1.82, 2.24) is 11.1 Å². The molecule has 0 spiro atoms. The molecule has 1 aliphatic rings. The summed E-state index contributed by atoms with van der Waals surface area (Å²) in [6.07, 6.45) is 5.50. The van der Waals surface area contributed by atoms with Gasteiger partial charge < -0.3 is 15.6 Å². The predicted octanol–water partition coefficient (Wildman–Crippen LogP) is 6.47. The zero-order chi connectivity index (χ0) is 21.8. The van der Waals surface area contributed by atoms with Crippen LogP contribution in [-0.4, -0.2) is 17.7 Å². The molecule has 4 heteroatoms. The highest BCUT2D eigenvalue weighted by atomic mass is 16.5. The second kappa shape index (κ2) is 9.88. The molecule has 33 heavy (non-hydrogen) atoms. The Morgan fingerprint density at radius 1 is 0.848 bits per heavy atom. The van der Waals surface area contributed by atoms with Crippen LogP contribution in [0.2, 0.25) is 0 Å². The Morgan fingerprint density at radius 3 is 2.15 bits per heavy atom. The van der Waals surface area contributed by atoms with Crippen molar-refractivity contribution < 1.29 is 9.47 Å². The third-order valence-corrected chi connectivity index (χ3v) is 6.28. The fourth-order valence-electron chi connectivity index (χ4n) is 4.76. The summed E-state index contributed by atoms with van der Waals surface area (Å²) in [6, 6.07) is 31.8. The van der Waals surface area contributed by atoms with Crippen LogP contribution in [0.3, 0.4) is 0 Å². The monoisotopic (exact) mass is 438 g/mol. The maximum absolute atomic E-state index is 6.90. The average molecular weight is 439 g/mol. The number of ether oxygens (including phenoxy) is 2. The second-order valence-corrected chi connectivity index (χ2v) is 8.48. The van der Waals surface area contributed by atoms with Gasteiger partial charge in [0.15, 0.2) is 0 Å². The summed E-state index contributed by atoms with van der Waals surface area (Å²) < 4.78 is 12.2. The van der Waals surface area contributed by atoms with E-state index in [0.717, 1.165) is 37.0 Å². The number of aromatic nitrogens is 1. The molecule has 0 unspecified atom stereocenters. The normalized spacial score (nSPS) is 13.8. The fourth-order valence-corrected chi connectivity index (χ4v) is 4.76. The van der Waals surface area contributed by atoms with Gasteiger partial charge in [-0.25, -0.2) is 4.98 Å². The summed E-state index contributed by atoms with van der Waals surface area (Å²) in [7, 11) is 1.65. The minimum atomic E-state index is -0.274. The lowest BCUT2D eigenvalue weighted by Gasteiger charge is -2.40. The van der Waals surface area contributed by atoms with Gasteiger partial charge >= 0.3 is 0 Å². The Morgan fingerprint density at radius 2 is 1.52 bits per heavy atom. The summed E-state index contributed by atoms with van der Waals surface area (Å²) >= 11 is 0. The first kappa shape index (κ1) is 22.6. The van der Waals surface area contributed by atoms with E-state index in [1.807, 2.05) is 12.1 Å². The number of rotatable bonds is 6. The van der Waals surface area contributed by atoms with Crippen LogP contribution in [0.5, 0.6) is 11.6 Å². The Labute approximate surface area is 195 Å². The summed E-state index contributed by atoms with van der Waals surface area (Å²) in [5.74, 6) is 1.61. The largest absolute Gasteiger partial charge is 0.486 e. The van der Waals surface area contributed by atoms with Gasteiger partial charge in [0.2, 0.25) is 5.88 Å². The first-order valence-corrected chi connectivity index (χ1v) is 11.1. The van der Waals surface area contributed by atoms with Crippen molar-refractivity contribution in [3.8, 4) is 22.8 Å². The van der Waals surface area contributed by atoms with E-state index < -0.39 is 0 Å². The van der Waals surface area contributed by atoms with E-state index >= 15 is 0 Å². The van der Waals surface area contributed by atoms with E-state index in [2.05, 4.69) is 83.8 Å². The van der Waals surface area contributed by atoms with Crippen LogP contribution in [0.1, 0.15) is 23.1 Å². The molecule has 168 valence electrons. The minimum absolute atomic E-state index is 0. The van der Waals surface area contributed by atoms with Gasteiger partial charge in [0, 0.05) is 30.7 Å². The Balaban J connectivity index is 0.00000259. The van der Waals surface area contributed by atoms with Gasteiger partial charge in [0.1, 0.15) is 11.4 Å². The number of hydrogen-bond donors (Lipinski definition) is 1. The van der Waals surface area contributed by atoms with Crippen LogP contribution < -0.4 is 15.6 Å². The van der Waals surface area contributed by atoms with E-state index in [0.29, 0.717) is 5.88 Å². The quantitative estimate of drug-likeness (QED) is 0.375. The smallest absolute Gasteiger partial charge is 0.213 e. The van der Waals surface area contributed by atoms with Gasteiger partial charge in [-0.05, 0) is 47.2 Å². The number of hydrogen-bond acceptors (Lipinski definition) is 4. The Bertz CT molecular complexity index is 1150. The molecule has 1 aromatic heterocycles. The van der Waals surface area contributed by atoms with Crippen LogP contribution in [0.15, 0.2) is 97.2 Å². The van der Waals surface area contributed by atoms with Crippen molar-refractivity contribution >= 4 is 0 Å². The molecule has 0 amide bonds. The van der Waals surface area contributed by atoms with Gasteiger partial charge in [-0.2, -0.15) is 0 Å². The zero-order valence-electron chi connectivity index (χ0n) is 19.0. The van der Waals surface area contributed by atoms with Crippen LogP contribution in [0.4, 0.5) is 0 Å². The highest BCUT2D eigenvalue weighted by Crippen LogP contribution is 2.42. The van der Waals surface area contributed by atoms with Gasteiger partial charge in [-0.1, -0.05) is 72.8 Å². The predicted molar refractivity (Wildman–Crippen MR) is 133 cm³/mol. The molecular weight excluding hydrogens is 408 g/mol. The van der Waals surface area contributed by atoms with Crippen LogP contribution in [0, 0.1) is 0 Å². The third-order valence-electron chi connectivity index (χ3n) is 6.28. The second-order valence-electron chi connectivity index (χ2n) is 8.48. The number of benzene rings is 3. The summed E-state index contributed by atoms with van der Waals surface area (Å²) in [5, 5.41) is 0. The van der Waals surface area contributed by atoms with Crippen molar-refractivity contribution in [2.24, 2.45) is 0 Å². The van der Waals surface area contributed by atoms with Gasteiger partial charge in [0.05, 0.1) is 7.11 Å². The standard InChI is InChI=1S/C29H27NO2.H3N/c1-31-28-19-24(16-18-30-28)25-13-8-14-27-26(25)15-17-29(32-27,20-22-9-4-2-5-10-22)21-23-11-6-3-7-12-23;/h2-14,16,18-19H,15,17,20-21H2,1H3;1H3. The van der Waals surface area contributed by atoms with Gasteiger partial charge in [-0.15, -0.1) is 0 Å². The van der Waals surface area contributed by atoms with E-state index in [4.69, 9.17) is 9.47 Å². The maximum Gasteiger partial charge on any atom is 0.213 e. The van der Waals surface area contributed by atoms with Crippen molar-refractivity contribution in [2.75, 3.05) is 7.11 Å². The van der Waals surface area contributed by atoms with Gasteiger partial charge in [-0.3, -0.25) is 0 Å². The molecule has 0 saturated heterocycles. The van der Waals surface area contributed by atoms with Crippen LogP contribution in [-0.2, 0) is 19.3 Å².